The maximum Gasteiger partial charge on any atom is 0.190 e. The highest BCUT2D eigenvalue weighted by Gasteiger charge is 2.27. The molecule has 3 N–H and O–H groups in total. The summed E-state index contributed by atoms with van der Waals surface area (Å²) in [6.45, 7) is -0.0689. The molecule has 2 aromatic carbocycles. The van der Waals surface area contributed by atoms with E-state index in [0.29, 0.717) is 5.56 Å². The van der Waals surface area contributed by atoms with Crippen molar-refractivity contribution in [1.29, 1.82) is 0 Å². The molecule has 2 aromatic rings. The molecule has 112 valence electrons. The van der Waals surface area contributed by atoms with E-state index in [-0.39, 0.29) is 19.6 Å². The monoisotopic (exact) mass is 293 g/mol. The van der Waals surface area contributed by atoms with E-state index in [1.807, 2.05) is 6.07 Å². The zero-order valence-electron chi connectivity index (χ0n) is 11.4. The Morgan fingerprint density at radius 1 is 1.00 bits per heavy atom. The number of ether oxygens (including phenoxy) is 1. The third-order valence-electron chi connectivity index (χ3n) is 3.33. The molecular weight excluding hydrogens is 276 g/mol. The number of hydrogen-bond acceptors (Lipinski definition) is 3. The number of hydrogen-bond donors (Lipinski definition) is 2. The second-order valence-corrected chi connectivity index (χ2v) is 4.75. The Hall–Kier alpha value is -1.98. The van der Waals surface area contributed by atoms with Crippen LogP contribution < -0.4 is 10.5 Å². The molecule has 0 aliphatic heterocycles. The fourth-order valence-electron chi connectivity index (χ4n) is 2.05. The highest BCUT2D eigenvalue weighted by molar-refractivity contribution is 5.26. The first kappa shape index (κ1) is 15.4. The van der Waals surface area contributed by atoms with Crippen LogP contribution in [-0.2, 0) is 5.60 Å². The number of aliphatic hydroxyl groups is 1. The highest BCUT2D eigenvalue weighted by atomic mass is 19.1. The molecule has 0 saturated heterocycles. The summed E-state index contributed by atoms with van der Waals surface area (Å²) in [5.74, 6) is -1.98. The molecule has 3 nitrogen and oxygen atoms in total. The Kier molecular flexibility index (Phi) is 4.88. The zero-order chi connectivity index (χ0) is 15.3. The molecule has 0 aliphatic rings. The molecule has 0 spiro atoms. The van der Waals surface area contributed by atoms with Crippen molar-refractivity contribution in [2.75, 3.05) is 13.2 Å². The van der Waals surface area contributed by atoms with Gasteiger partial charge in [0.1, 0.15) is 5.60 Å². The largest absolute Gasteiger partial charge is 0.487 e. The SMILES string of the molecule is NCC(O)(CCOc1c(F)cccc1F)c1ccccc1. The van der Waals surface area contributed by atoms with Crippen LogP contribution in [0.25, 0.3) is 0 Å². The molecule has 0 aliphatic carbocycles. The van der Waals surface area contributed by atoms with Crippen molar-refractivity contribution < 1.29 is 18.6 Å². The quantitative estimate of drug-likeness (QED) is 0.860. The van der Waals surface area contributed by atoms with Crippen molar-refractivity contribution in [1.82, 2.24) is 0 Å². The Balaban J connectivity index is 2.04. The summed E-state index contributed by atoms with van der Waals surface area (Å²) >= 11 is 0. The molecule has 21 heavy (non-hydrogen) atoms. The predicted octanol–water partition coefficient (Wildman–Crippen LogP) is 2.58. The Bertz CT molecular complexity index is 572. The van der Waals surface area contributed by atoms with Gasteiger partial charge < -0.3 is 15.6 Å². The van der Waals surface area contributed by atoms with Crippen LogP contribution in [0.15, 0.2) is 48.5 Å². The molecule has 0 heterocycles. The van der Waals surface area contributed by atoms with Gasteiger partial charge in [-0.05, 0) is 17.7 Å². The van der Waals surface area contributed by atoms with Gasteiger partial charge in [0, 0.05) is 13.0 Å². The average molecular weight is 293 g/mol. The Morgan fingerprint density at radius 2 is 1.62 bits per heavy atom. The van der Waals surface area contributed by atoms with Gasteiger partial charge in [0.25, 0.3) is 0 Å². The lowest BCUT2D eigenvalue weighted by molar-refractivity contribution is 0.0224. The summed E-state index contributed by atoms with van der Waals surface area (Å²) < 4.78 is 32.0. The smallest absolute Gasteiger partial charge is 0.190 e. The third kappa shape index (κ3) is 3.56. The summed E-state index contributed by atoms with van der Waals surface area (Å²) in [4.78, 5) is 0. The van der Waals surface area contributed by atoms with Gasteiger partial charge >= 0.3 is 0 Å². The number of para-hydroxylation sites is 1. The summed E-state index contributed by atoms with van der Waals surface area (Å²) in [6.07, 6.45) is 0.126. The molecule has 0 bridgehead atoms. The van der Waals surface area contributed by atoms with Crippen molar-refractivity contribution >= 4 is 0 Å². The van der Waals surface area contributed by atoms with Crippen molar-refractivity contribution in [3.8, 4) is 5.75 Å². The fourth-order valence-corrected chi connectivity index (χ4v) is 2.05. The molecular formula is C16H17F2NO2. The van der Waals surface area contributed by atoms with Gasteiger partial charge in [0.05, 0.1) is 6.61 Å². The first-order valence-electron chi connectivity index (χ1n) is 6.61. The summed E-state index contributed by atoms with van der Waals surface area (Å²) in [5, 5.41) is 10.5. The number of rotatable bonds is 6. The van der Waals surface area contributed by atoms with Crippen LogP contribution in [0.5, 0.6) is 5.75 Å². The minimum Gasteiger partial charge on any atom is -0.487 e. The normalized spacial score (nSPS) is 13.7. The van der Waals surface area contributed by atoms with Crippen LogP contribution in [0.3, 0.4) is 0 Å². The van der Waals surface area contributed by atoms with E-state index in [1.165, 1.54) is 6.07 Å². The zero-order valence-corrected chi connectivity index (χ0v) is 11.4. The summed E-state index contributed by atoms with van der Waals surface area (Å²) in [5.41, 5.74) is 4.98. The highest BCUT2D eigenvalue weighted by Crippen LogP contribution is 2.26. The van der Waals surface area contributed by atoms with E-state index in [9.17, 15) is 13.9 Å². The molecule has 0 aromatic heterocycles. The van der Waals surface area contributed by atoms with Gasteiger partial charge in [-0.25, -0.2) is 8.78 Å². The minimum absolute atomic E-state index is 0.0138. The van der Waals surface area contributed by atoms with E-state index in [4.69, 9.17) is 10.5 Å². The molecule has 1 unspecified atom stereocenters. The van der Waals surface area contributed by atoms with E-state index < -0.39 is 23.0 Å². The van der Waals surface area contributed by atoms with Crippen LogP contribution in [0, 0.1) is 11.6 Å². The lowest BCUT2D eigenvalue weighted by atomic mass is 9.91. The molecule has 0 radical (unpaired) electrons. The molecule has 2 rings (SSSR count). The molecule has 0 amide bonds. The van der Waals surface area contributed by atoms with E-state index >= 15 is 0 Å². The van der Waals surface area contributed by atoms with E-state index in [0.717, 1.165) is 12.1 Å². The minimum atomic E-state index is -1.29. The maximum atomic E-state index is 13.4. The van der Waals surface area contributed by atoms with Crippen LogP contribution in [-0.4, -0.2) is 18.3 Å². The second kappa shape index (κ2) is 6.65. The van der Waals surface area contributed by atoms with Crippen molar-refractivity contribution in [2.24, 2.45) is 5.73 Å². The fraction of sp³-hybridized carbons (Fsp3) is 0.250. The van der Waals surface area contributed by atoms with Gasteiger partial charge in [-0.3, -0.25) is 0 Å². The first-order chi connectivity index (χ1) is 10.1. The Labute approximate surface area is 122 Å². The first-order valence-corrected chi connectivity index (χ1v) is 6.61. The lowest BCUT2D eigenvalue weighted by Gasteiger charge is -2.27. The van der Waals surface area contributed by atoms with Crippen LogP contribution >= 0.6 is 0 Å². The van der Waals surface area contributed by atoms with Gasteiger partial charge in [-0.15, -0.1) is 0 Å². The number of benzene rings is 2. The lowest BCUT2D eigenvalue weighted by Crippen LogP contribution is -2.36. The van der Waals surface area contributed by atoms with Crippen LogP contribution in [0.2, 0.25) is 0 Å². The Morgan fingerprint density at radius 3 is 2.19 bits per heavy atom. The molecule has 0 fully saturated rings. The average Bonchev–Trinajstić information content (AvgIpc) is 2.51. The number of nitrogens with two attached hydrogens (primary N) is 1. The number of halogens is 2. The maximum absolute atomic E-state index is 13.4. The topological polar surface area (TPSA) is 55.5 Å². The molecule has 0 saturated carbocycles. The third-order valence-corrected chi connectivity index (χ3v) is 3.33. The van der Waals surface area contributed by atoms with Gasteiger partial charge in [0.15, 0.2) is 17.4 Å². The van der Waals surface area contributed by atoms with Crippen molar-refractivity contribution in [3.63, 3.8) is 0 Å². The van der Waals surface area contributed by atoms with Gasteiger partial charge in [-0.1, -0.05) is 36.4 Å². The van der Waals surface area contributed by atoms with Crippen molar-refractivity contribution in [2.45, 2.75) is 12.0 Å². The predicted molar refractivity (Wildman–Crippen MR) is 75.9 cm³/mol. The molecule has 1 atom stereocenters. The van der Waals surface area contributed by atoms with E-state index in [2.05, 4.69) is 0 Å². The second-order valence-electron chi connectivity index (χ2n) is 4.75. The molecule has 5 heteroatoms. The standard InChI is InChI=1S/C16H17F2NO2/c17-13-7-4-8-14(18)15(13)21-10-9-16(20,11-19)12-5-2-1-3-6-12/h1-8,20H,9-11,19H2. The summed E-state index contributed by atoms with van der Waals surface area (Å²) in [7, 11) is 0. The van der Waals surface area contributed by atoms with Gasteiger partial charge in [-0.2, -0.15) is 0 Å². The van der Waals surface area contributed by atoms with Crippen LogP contribution in [0.1, 0.15) is 12.0 Å². The van der Waals surface area contributed by atoms with Gasteiger partial charge in [0.2, 0.25) is 0 Å². The van der Waals surface area contributed by atoms with Crippen molar-refractivity contribution in [3.05, 3.63) is 65.7 Å². The van der Waals surface area contributed by atoms with E-state index in [1.54, 1.807) is 24.3 Å². The van der Waals surface area contributed by atoms with Crippen LogP contribution in [0.4, 0.5) is 8.78 Å². The summed E-state index contributed by atoms with van der Waals surface area (Å²) in [6, 6.07) is 12.4.